The fourth-order valence-corrected chi connectivity index (χ4v) is 1.44. The van der Waals surface area contributed by atoms with E-state index in [9.17, 15) is 13.2 Å². The largest absolute Gasteiger partial charge is 0.367 e. The van der Waals surface area contributed by atoms with Gasteiger partial charge in [-0.3, -0.25) is 4.79 Å². The Morgan fingerprint density at radius 1 is 1.43 bits per heavy atom. The number of hydrogen-bond acceptors (Lipinski definition) is 3. The lowest BCUT2D eigenvalue weighted by molar-refractivity contribution is 0.0954. The van der Waals surface area contributed by atoms with E-state index in [0.717, 1.165) is 6.26 Å². The first-order valence-corrected chi connectivity index (χ1v) is 6.03. The highest BCUT2D eigenvalue weighted by Crippen LogP contribution is 2.20. The van der Waals surface area contributed by atoms with E-state index < -0.39 is 14.6 Å². The van der Waals surface area contributed by atoms with Crippen LogP contribution in [0, 0.1) is 0 Å². The van der Waals surface area contributed by atoms with Gasteiger partial charge in [0.2, 0.25) is 0 Å². The van der Waals surface area contributed by atoms with Gasteiger partial charge in [-0.1, -0.05) is 0 Å². The number of sulfone groups is 1. The molecule has 0 aliphatic heterocycles. The summed E-state index contributed by atoms with van der Waals surface area (Å²) in [5, 5.41) is 0. The highest BCUT2D eigenvalue weighted by atomic mass is 32.2. The molecule has 1 rings (SSSR count). The first-order valence-electron chi connectivity index (χ1n) is 4.14. The topological polar surface area (TPSA) is 67.0 Å². The second-order valence-corrected chi connectivity index (χ2v) is 6.28. The van der Waals surface area contributed by atoms with E-state index in [2.05, 4.69) is 4.98 Å². The van der Waals surface area contributed by atoms with Crippen LogP contribution in [0.25, 0.3) is 0 Å². The molecule has 1 aromatic rings. The van der Waals surface area contributed by atoms with E-state index in [4.69, 9.17) is 0 Å². The zero-order valence-electron chi connectivity index (χ0n) is 8.37. The van der Waals surface area contributed by atoms with Gasteiger partial charge in [-0.25, -0.2) is 8.42 Å². The van der Waals surface area contributed by atoms with Crippen molar-refractivity contribution in [3.8, 4) is 0 Å². The van der Waals surface area contributed by atoms with Crippen LogP contribution in [0.15, 0.2) is 18.5 Å². The molecule has 0 spiro atoms. The second kappa shape index (κ2) is 3.24. The molecular weight excluding hydrogens is 202 g/mol. The van der Waals surface area contributed by atoms with Crippen LogP contribution in [0.5, 0.6) is 0 Å². The minimum Gasteiger partial charge on any atom is -0.367 e. The van der Waals surface area contributed by atoms with Gasteiger partial charge in [-0.05, 0) is 19.9 Å². The molecule has 0 atom stereocenters. The zero-order valence-corrected chi connectivity index (χ0v) is 9.18. The molecule has 0 saturated heterocycles. The molecule has 0 bridgehead atoms. The van der Waals surface area contributed by atoms with Gasteiger partial charge in [0.25, 0.3) is 0 Å². The first-order chi connectivity index (χ1) is 6.27. The molecule has 0 saturated carbocycles. The molecule has 0 amide bonds. The number of ketones is 1. The Balaban J connectivity index is 3.14. The Morgan fingerprint density at radius 3 is 2.36 bits per heavy atom. The third-order valence-electron chi connectivity index (χ3n) is 2.33. The van der Waals surface area contributed by atoms with Crippen LogP contribution in [0.4, 0.5) is 0 Å². The molecule has 1 N–H and O–H groups in total. The van der Waals surface area contributed by atoms with Crippen LogP contribution < -0.4 is 0 Å². The predicted octanol–water partition coefficient (Wildman–Crippen LogP) is 1.02. The summed E-state index contributed by atoms with van der Waals surface area (Å²) >= 11 is 0. The van der Waals surface area contributed by atoms with Crippen LogP contribution in [-0.2, 0) is 9.84 Å². The minimum atomic E-state index is -3.39. The monoisotopic (exact) mass is 215 g/mol. The molecule has 1 aromatic heterocycles. The van der Waals surface area contributed by atoms with Crippen LogP contribution >= 0.6 is 0 Å². The van der Waals surface area contributed by atoms with Gasteiger partial charge in [0.1, 0.15) is 4.75 Å². The fourth-order valence-electron chi connectivity index (χ4n) is 0.981. The Kier molecular flexibility index (Phi) is 2.54. The summed E-state index contributed by atoms with van der Waals surface area (Å²) in [4.78, 5) is 14.5. The van der Waals surface area contributed by atoms with Crippen LogP contribution in [-0.4, -0.2) is 30.2 Å². The van der Waals surface area contributed by atoms with Gasteiger partial charge in [0, 0.05) is 24.2 Å². The summed E-state index contributed by atoms with van der Waals surface area (Å²) in [5.41, 5.74) is 0.389. The lowest BCUT2D eigenvalue weighted by atomic mass is 10.0. The summed E-state index contributed by atoms with van der Waals surface area (Å²) in [6.07, 6.45) is 4.15. The number of rotatable bonds is 3. The number of hydrogen-bond donors (Lipinski definition) is 1. The van der Waals surface area contributed by atoms with Gasteiger partial charge in [-0.15, -0.1) is 0 Å². The molecule has 78 valence electrons. The highest BCUT2D eigenvalue weighted by Gasteiger charge is 2.38. The van der Waals surface area contributed by atoms with Crippen molar-refractivity contribution < 1.29 is 13.2 Å². The van der Waals surface area contributed by atoms with E-state index in [1.165, 1.54) is 20.0 Å². The average molecular weight is 215 g/mol. The molecule has 0 radical (unpaired) electrons. The number of carbonyl (C=O) groups excluding carboxylic acids is 1. The molecule has 0 aliphatic rings. The van der Waals surface area contributed by atoms with Gasteiger partial charge in [0.15, 0.2) is 15.6 Å². The predicted molar refractivity (Wildman–Crippen MR) is 54.0 cm³/mol. The SMILES string of the molecule is CC(C)(C(=O)c1cc[nH]c1)S(C)(=O)=O. The summed E-state index contributed by atoms with van der Waals surface area (Å²) in [6.45, 7) is 2.83. The normalized spacial score (nSPS) is 12.8. The molecule has 1 heterocycles. The summed E-state index contributed by atoms with van der Waals surface area (Å²) < 4.78 is 21.4. The Labute approximate surface area is 83.3 Å². The molecule has 5 heteroatoms. The van der Waals surface area contributed by atoms with Crippen molar-refractivity contribution in [1.29, 1.82) is 0 Å². The summed E-state index contributed by atoms with van der Waals surface area (Å²) in [6, 6.07) is 1.56. The van der Waals surface area contributed by atoms with Gasteiger partial charge in [-0.2, -0.15) is 0 Å². The zero-order chi connectivity index (χ0) is 11.0. The number of nitrogens with one attached hydrogen (secondary N) is 1. The van der Waals surface area contributed by atoms with E-state index in [1.54, 1.807) is 12.3 Å². The fraction of sp³-hybridized carbons (Fsp3) is 0.444. The van der Waals surface area contributed by atoms with Crippen molar-refractivity contribution >= 4 is 15.6 Å². The standard InChI is InChI=1S/C9H13NO3S/c1-9(2,14(3,12)13)8(11)7-4-5-10-6-7/h4-6,10H,1-3H3. The van der Waals surface area contributed by atoms with Crippen molar-refractivity contribution in [1.82, 2.24) is 4.98 Å². The minimum absolute atomic E-state index is 0.388. The van der Waals surface area contributed by atoms with Crippen molar-refractivity contribution in [3.63, 3.8) is 0 Å². The van der Waals surface area contributed by atoms with E-state index in [-0.39, 0.29) is 5.78 Å². The Morgan fingerprint density at radius 2 is 2.00 bits per heavy atom. The molecule has 0 unspecified atom stereocenters. The lowest BCUT2D eigenvalue weighted by Gasteiger charge is -2.19. The number of carbonyl (C=O) groups is 1. The van der Waals surface area contributed by atoms with Gasteiger partial charge < -0.3 is 4.98 Å². The highest BCUT2D eigenvalue weighted by molar-refractivity contribution is 7.92. The molecule has 4 nitrogen and oxygen atoms in total. The maximum atomic E-state index is 11.8. The van der Waals surface area contributed by atoms with E-state index in [0.29, 0.717) is 5.56 Å². The van der Waals surface area contributed by atoms with Gasteiger partial charge >= 0.3 is 0 Å². The molecule has 14 heavy (non-hydrogen) atoms. The van der Waals surface area contributed by atoms with Crippen LogP contribution in [0.3, 0.4) is 0 Å². The van der Waals surface area contributed by atoms with E-state index >= 15 is 0 Å². The number of aromatic nitrogens is 1. The molecule has 0 fully saturated rings. The quantitative estimate of drug-likeness (QED) is 0.765. The second-order valence-electron chi connectivity index (χ2n) is 3.71. The third-order valence-corrected chi connectivity index (χ3v) is 4.37. The van der Waals surface area contributed by atoms with Crippen molar-refractivity contribution in [3.05, 3.63) is 24.0 Å². The average Bonchev–Trinajstić information content (AvgIpc) is 2.52. The first kappa shape index (κ1) is 11.0. The summed E-state index contributed by atoms with van der Waals surface area (Å²) in [7, 11) is -3.39. The molecule has 0 aromatic carbocycles. The Bertz CT molecular complexity index is 429. The number of H-pyrrole nitrogens is 1. The smallest absolute Gasteiger partial charge is 0.184 e. The van der Waals surface area contributed by atoms with Crippen LogP contribution in [0.1, 0.15) is 24.2 Å². The Hall–Kier alpha value is -1.10. The molecule has 0 aliphatic carbocycles. The van der Waals surface area contributed by atoms with Crippen molar-refractivity contribution in [2.24, 2.45) is 0 Å². The number of aromatic amines is 1. The van der Waals surface area contributed by atoms with Crippen molar-refractivity contribution in [2.45, 2.75) is 18.6 Å². The summed E-state index contributed by atoms with van der Waals surface area (Å²) in [5.74, 6) is -0.388. The third kappa shape index (κ3) is 1.72. The van der Waals surface area contributed by atoms with Crippen LogP contribution in [0.2, 0.25) is 0 Å². The maximum absolute atomic E-state index is 11.8. The lowest BCUT2D eigenvalue weighted by Crippen LogP contribution is -2.39. The van der Waals surface area contributed by atoms with Crippen molar-refractivity contribution in [2.75, 3.05) is 6.26 Å². The maximum Gasteiger partial charge on any atom is 0.184 e. The molecular formula is C9H13NO3S. The number of Topliss-reactive ketones (excluding diaryl/α,β-unsaturated/α-hetero) is 1. The van der Waals surface area contributed by atoms with E-state index in [1.807, 2.05) is 0 Å². The van der Waals surface area contributed by atoms with Gasteiger partial charge in [0.05, 0.1) is 0 Å².